The third-order valence-electron chi connectivity index (χ3n) is 3.69. The van der Waals surface area contributed by atoms with E-state index < -0.39 is 0 Å². The Hall–Kier alpha value is -1.88. The van der Waals surface area contributed by atoms with Gasteiger partial charge in [-0.1, -0.05) is 18.2 Å². The zero-order chi connectivity index (χ0) is 14.8. The molecule has 0 saturated carbocycles. The van der Waals surface area contributed by atoms with Gasteiger partial charge < -0.3 is 10.6 Å². The molecule has 0 bridgehead atoms. The van der Waals surface area contributed by atoms with Gasteiger partial charge in [-0.05, 0) is 52.5 Å². The van der Waals surface area contributed by atoms with Gasteiger partial charge in [0.15, 0.2) is 0 Å². The van der Waals surface area contributed by atoms with Crippen LogP contribution in [-0.4, -0.2) is 17.4 Å². The normalized spacial score (nSPS) is 16.8. The van der Waals surface area contributed by atoms with Crippen molar-refractivity contribution in [2.45, 2.75) is 13.3 Å². The van der Waals surface area contributed by atoms with Crippen molar-refractivity contribution in [3.8, 4) is 0 Å². The highest BCUT2D eigenvalue weighted by Gasteiger charge is 2.24. The minimum absolute atomic E-state index is 0.00576. The number of hydrogen-bond donors (Lipinski definition) is 2. The Morgan fingerprint density at radius 1 is 1.43 bits per heavy atom. The maximum Gasteiger partial charge on any atom is 0.230 e. The monoisotopic (exact) mass is 345 g/mol. The van der Waals surface area contributed by atoms with Gasteiger partial charge in [0.2, 0.25) is 5.91 Å². The van der Waals surface area contributed by atoms with Crippen LogP contribution < -0.4 is 10.6 Å². The summed E-state index contributed by atoms with van der Waals surface area (Å²) in [6.45, 7) is 2.62. The molecule has 2 heterocycles. The Bertz CT molecular complexity index is 687. The fourth-order valence-electron chi connectivity index (χ4n) is 2.46. The number of carbonyl (C=O) groups is 1. The van der Waals surface area contributed by atoms with Gasteiger partial charge in [-0.25, -0.2) is 4.98 Å². The van der Waals surface area contributed by atoms with Crippen molar-refractivity contribution in [2.24, 2.45) is 5.92 Å². The first kappa shape index (κ1) is 14.1. The summed E-state index contributed by atoms with van der Waals surface area (Å²) in [7, 11) is 0. The zero-order valence-electron chi connectivity index (χ0n) is 11.7. The number of hydrogen-bond acceptors (Lipinski definition) is 3. The standard InChI is InChI=1S/C16H16BrN3O/c1-10-6-15(19-9-13(10)17)20-16(21)12-7-11-4-2-3-5-14(11)18-8-12/h2-6,9,12,18H,7-8H2,1H3,(H,19,20,21). The largest absolute Gasteiger partial charge is 0.384 e. The first-order valence-corrected chi connectivity index (χ1v) is 7.67. The molecule has 3 rings (SSSR count). The second kappa shape index (κ2) is 5.85. The van der Waals surface area contributed by atoms with Gasteiger partial charge in [-0.15, -0.1) is 0 Å². The molecule has 1 aliphatic rings. The molecule has 108 valence electrons. The van der Waals surface area contributed by atoms with Gasteiger partial charge in [0.1, 0.15) is 5.82 Å². The van der Waals surface area contributed by atoms with Gasteiger partial charge >= 0.3 is 0 Å². The van der Waals surface area contributed by atoms with Gasteiger partial charge in [0.25, 0.3) is 0 Å². The molecule has 1 unspecified atom stereocenters. The molecule has 5 heteroatoms. The Morgan fingerprint density at radius 2 is 2.24 bits per heavy atom. The maximum atomic E-state index is 12.4. The molecule has 2 N–H and O–H groups in total. The molecular weight excluding hydrogens is 330 g/mol. The molecule has 0 radical (unpaired) electrons. The number of fused-ring (bicyclic) bond motifs is 1. The summed E-state index contributed by atoms with van der Waals surface area (Å²) in [6.07, 6.45) is 2.46. The van der Waals surface area contributed by atoms with Gasteiger partial charge in [-0.2, -0.15) is 0 Å². The maximum absolute atomic E-state index is 12.4. The fourth-order valence-corrected chi connectivity index (χ4v) is 2.68. The van der Waals surface area contributed by atoms with Crippen molar-refractivity contribution in [2.75, 3.05) is 17.2 Å². The summed E-state index contributed by atoms with van der Waals surface area (Å²) in [5.74, 6) is 0.524. The quantitative estimate of drug-likeness (QED) is 0.877. The average molecular weight is 346 g/mol. The zero-order valence-corrected chi connectivity index (χ0v) is 13.3. The highest BCUT2D eigenvalue weighted by atomic mass is 79.9. The van der Waals surface area contributed by atoms with Crippen LogP contribution in [0.2, 0.25) is 0 Å². The highest BCUT2D eigenvalue weighted by molar-refractivity contribution is 9.10. The van der Waals surface area contributed by atoms with Crippen molar-refractivity contribution in [3.63, 3.8) is 0 Å². The molecule has 4 nitrogen and oxygen atoms in total. The summed E-state index contributed by atoms with van der Waals surface area (Å²) in [5.41, 5.74) is 3.36. The Labute approximate surface area is 132 Å². The molecule has 1 aliphatic heterocycles. The van der Waals surface area contributed by atoms with Crippen LogP contribution in [0.25, 0.3) is 0 Å². The summed E-state index contributed by atoms with van der Waals surface area (Å²) in [4.78, 5) is 16.6. The van der Waals surface area contributed by atoms with Crippen molar-refractivity contribution >= 4 is 33.3 Å². The van der Waals surface area contributed by atoms with Gasteiger partial charge in [-0.3, -0.25) is 4.79 Å². The molecular formula is C16H16BrN3O. The van der Waals surface area contributed by atoms with E-state index in [-0.39, 0.29) is 11.8 Å². The number of anilines is 2. The number of nitrogens with one attached hydrogen (secondary N) is 2. The highest BCUT2D eigenvalue weighted by Crippen LogP contribution is 2.25. The van der Waals surface area contributed by atoms with Gasteiger partial charge in [0, 0.05) is 22.9 Å². The predicted octanol–water partition coefficient (Wildman–Crippen LogP) is 3.38. The summed E-state index contributed by atoms with van der Waals surface area (Å²) >= 11 is 3.40. The summed E-state index contributed by atoms with van der Waals surface area (Å²) in [6, 6.07) is 9.97. The third-order valence-corrected chi connectivity index (χ3v) is 4.52. The van der Waals surface area contributed by atoms with Crippen molar-refractivity contribution in [3.05, 3.63) is 52.1 Å². The summed E-state index contributed by atoms with van der Waals surface area (Å²) < 4.78 is 0.939. The Morgan fingerprint density at radius 3 is 3.05 bits per heavy atom. The molecule has 1 atom stereocenters. The molecule has 1 aromatic carbocycles. The van der Waals surface area contributed by atoms with Crippen LogP contribution in [0.4, 0.5) is 11.5 Å². The number of nitrogens with zero attached hydrogens (tertiary/aromatic N) is 1. The SMILES string of the molecule is Cc1cc(NC(=O)C2CNc3ccccc3C2)ncc1Br. The number of benzene rings is 1. The van der Waals surface area contributed by atoms with E-state index in [1.807, 2.05) is 31.2 Å². The third kappa shape index (κ3) is 3.08. The van der Waals surface area contributed by atoms with E-state index in [1.165, 1.54) is 5.56 Å². The van der Waals surface area contributed by atoms with Crippen LogP contribution in [0.15, 0.2) is 41.0 Å². The van der Waals surface area contributed by atoms with E-state index in [9.17, 15) is 4.79 Å². The lowest BCUT2D eigenvalue weighted by atomic mass is 9.93. The molecule has 0 fully saturated rings. The van der Waals surface area contributed by atoms with E-state index in [0.29, 0.717) is 12.4 Å². The lowest BCUT2D eigenvalue weighted by Crippen LogP contribution is -2.34. The van der Waals surface area contributed by atoms with E-state index in [1.54, 1.807) is 6.20 Å². The smallest absolute Gasteiger partial charge is 0.230 e. The summed E-state index contributed by atoms with van der Waals surface area (Å²) in [5, 5.41) is 6.21. The molecule has 0 aliphatic carbocycles. The molecule has 2 aromatic rings. The van der Waals surface area contributed by atoms with E-state index >= 15 is 0 Å². The van der Waals surface area contributed by atoms with E-state index in [4.69, 9.17) is 0 Å². The minimum atomic E-state index is -0.0781. The molecule has 21 heavy (non-hydrogen) atoms. The second-order valence-corrected chi connectivity index (χ2v) is 6.10. The number of pyridine rings is 1. The average Bonchev–Trinajstić information content (AvgIpc) is 2.50. The van der Waals surface area contributed by atoms with Crippen LogP contribution in [0.1, 0.15) is 11.1 Å². The fraction of sp³-hybridized carbons (Fsp3) is 0.250. The van der Waals surface area contributed by atoms with Crippen LogP contribution in [0, 0.1) is 12.8 Å². The Kier molecular flexibility index (Phi) is 3.92. The first-order valence-electron chi connectivity index (χ1n) is 6.88. The van der Waals surface area contributed by atoms with Crippen molar-refractivity contribution < 1.29 is 4.79 Å². The molecule has 0 saturated heterocycles. The van der Waals surface area contributed by atoms with Crippen LogP contribution in [0.3, 0.4) is 0 Å². The van der Waals surface area contributed by atoms with E-state index in [2.05, 4.69) is 37.6 Å². The van der Waals surface area contributed by atoms with Crippen LogP contribution in [-0.2, 0) is 11.2 Å². The number of para-hydroxylation sites is 1. The molecule has 1 amide bonds. The van der Waals surface area contributed by atoms with Crippen molar-refractivity contribution in [1.29, 1.82) is 0 Å². The predicted molar refractivity (Wildman–Crippen MR) is 87.4 cm³/mol. The lowest BCUT2D eigenvalue weighted by molar-refractivity contribution is -0.119. The first-order chi connectivity index (χ1) is 10.1. The number of aromatic nitrogens is 1. The molecule has 1 aromatic heterocycles. The topological polar surface area (TPSA) is 54.0 Å². The Balaban J connectivity index is 1.70. The van der Waals surface area contributed by atoms with Gasteiger partial charge in [0.05, 0.1) is 5.92 Å². The number of aryl methyl sites for hydroxylation is 1. The van der Waals surface area contributed by atoms with E-state index in [0.717, 1.165) is 22.1 Å². The number of carbonyl (C=O) groups excluding carboxylic acids is 1. The van der Waals surface area contributed by atoms with Crippen molar-refractivity contribution in [1.82, 2.24) is 4.98 Å². The number of halogens is 1. The minimum Gasteiger partial charge on any atom is -0.384 e. The van der Waals surface area contributed by atoms with Crippen LogP contribution >= 0.6 is 15.9 Å². The second-order valence-electron chi connectivity index (χ2n) is 5.25. The van der Waals surface area contributed by atoms with Crippen LogP contribution in [0.5, 0.6) is 0 Å². The number of amides is 1. The number of rotatable bonds is 2. The lowest BCUT2D eigenvalue weighted by Gasteiger charge is -2.25. The molecule has 0 spiro atoms.